The van der Waals surface area contributed by atoms with Crippen LogP contribution in [0.3, 0.4) is 0 Å². The van der Waals surface area contributed by atoms with Crippen molar-refractivity contribution >= 4 is 46.2 Å². The minimum absolute atomic E-state index is 0.283. The van der Waals surface area contributed by atoms with Gasteiger partial charge in [0.2, 0.25) is 6.71 Å². The molecule has 0 saturated heterocycles. The van der Waals surface area contributed by atoms with Crippen molar-refractivity contribution in [2.45, 2.75) is 26.2 Å². The zero-order chi connectivity index (χ0) is 25.1. The number of rotatable bonds is 1. The average molecular weight is 483 g/mol. The van der Waals surface area contributed by atoms with E-state index < -0.39 is 0 Å². The lowest BCUT2D eigenvalue weighted by Crippen LogP contribution is -2.54. The molecule has 2 heterocycles. The van der Waals surface area contributed by atoms with Gasteiger partial charge in [-0.05, 0) is 106 Å². The van der Waals surface area contributed by atoms with Crippen LogP contribution in [0.4, 0.5) is 17.1 Å². The van der Waals surface area contributed by atoms with Crippen molar-refractivity contribution in [3.63, 3.8) is 0 Å². The number of aryl methyl sites for hydroxylation is 2. The first-order valence-corrected chi connectivity index (χ1v) is 13.7. The average Bonchev–Trinajstić information content (AvgIpc) is 3.26. The van der Waals surface area contributed by atoms with Gasteiger partial charge in [0.1, 0.15) is 0 Å². The van der Waals surface area contributed by atoms with Gasteiger partial charge in [-0.25, -0.2) is 0 Å². The molecule has 38 heavy (non-hydrogen) atoms. The molecule has 0 saturated carbocycles. The first-order valence-electron chi connectivity index (χ1n) is 13.7. The van der Waals surface area contributed by atoms with Crippen molar-refractivity contribution < 1.29 is 0 Å². The molecule has 0 amide bonds. The van der Waals surface area contributed by atoms with Gasteiger partial charge in [-0.15, -0.1) is 0 Å². The van der Waals surface area contributed by atoms with Crippen molar-refractivity contribution in [2.24, 2.45) is 0 Å². The van der Waals surface area contributed by atoms with Crippen molar-refractivity contribution in [2.75, 3.05) is 4.90 Å². The lowest BCUT2D eigenvalue weighted by molar-refractivity contribution is 0.892. The molecule has 178 valence electrons. The number of hydrogen-bond acceptors (Lipinski definition) is 1. The van der Waals surface area contributed by atoms with Crippen LogP contribution in [0.1, 0.15) is 33.7 Å². The fourth-order valence-corrected chi connectivity index (χ4v) is 7.67. The predicted molar refractivity (Wildman–Crippen MR) is 161 cm³/mol. The molecule has 1 unspecified atom stereocenters. The number of hydrogen-bond donors (Lipinski definition) is 0. The van der Waals surface area contributed by atoms with Gasteiger partial charge in [-0.3, -0.25) is 0 Å². The van der Waals surface area contributed by atoms with Crippen LogP contribution in [0.2, 0.25) is 0 Å². The number of para-hydroxylation sites is 1. The smallest absolute Gasteiger partial charge is 0.248 e. The van der Waals surface area contributed by atoms with Gasteiger partial charge in [0.25, 0.3) is 0 Å². The highest BCUT2D eigenvalue weighted by Crippen LogP contribution is 2.49. The largest absolute Gasteiger partial charge is 0.311 e. The molecule has 0 N–H and O–H groups in total. The lowest BCUT2D eigenvalue weighted by Gasteiger charge is -2.38. The van der Waals surface area contributed by atoms with E-state index in [0.717, 1.165) is 6.42 Å². The molecular formula is C36H26BN. The van der Waals surface area contributed by atoms with Crippen LogP contribution >= 0.6 is 0 Å². The molecule has 1 atom stereocenters. The second kappa shape index (κ2) is 7.17. The second-order valence-corrected chi connectivity index (χ2v) is 11.4. The molecule has 4 aromatic carbocycles. The van der Waals surface area contributed by atoms with Gasteiger partial charge in [0, 0.05) is 23.0 Å². The summed E-state index contributed by atoms with van der Waals surface area (Å²) < 4.78 is 0. The Morgan fingerprint density at radius 1 is 0.763 bits per heavy atom. The number of anilines is 3. The van der Waals surface area contributed by atoms with E-state index in [2.05, 4.69) is 122 Å². The van der Waals surface area contributed by atoms with E-state index in [-0.39, 0.29) is 6.71 Å². The van der Waals surface area contributed by atoms with Gasteiger partial charge >= 0.3 is 0 Å². The molecule has 0 spiro atoms. The van der Waals surface area contributed by atoms with Gasteiger partial charge in [-0.1, -0.05) is 84.4 Å². The maximum absolute atomic E-state index is 2.53. The quantitative estimate of drug-likeness (QED) is 0.236. The third-order valence-corrected chi connectivity index (χ3v) is 9.45. The monoisotopic (exact) mass is 483 g/mol. The van der Waals surface area contributed by atoms with Crippen molar-refractivity contribution in [3.8, 4) is 11.1 Å². The Bertz CT molecular complexity index is 1880. The lowest BCUT2D eigenvalue weighted by atomic mass is 9.37. The van der Waals surface area contributed by atoms with Crippen LogP contribution in [0.25, 0.3) is 17.2 Å². The van der Waals surface area contributed by atoms with E-state index >= 15 is 0 Å². The van der Waals surface area contributed by atoms with E-state index in [1.54, 1.807) is 0 Å². The van der Waals surface area contributed by atoms with E-state index in [1.165, 1.54) is 83.5 Å². The molecule has 0 fully saturated rings. The number of allylic oxidation sites excluding steroid dienone is 7. The highest BCUT2D eigenvalue weighted by molar-refractivity contribution is 7.01. The third-order valence-electron chi connectivity index (χ3n) is 9.45. The van der Waals surface area contributed by atoms with E-state index in [1.807, 2.05) is 0 Å². The summed E-state index contributed by atoms with van der Waals surface area (Å²) in [6.07, 6.45) is 14.9. The summed E-state index contributed by atoms with van der Waals surface area (Å²) in [6.45, 7) is 4.77. The van der Waals surface area contributed by atoms with Crippen LogP contribution in [-0.4, -0.2) is 6.71 Å². The summed E-state index contributed by atoms with van der Waals surface area (Å²) >= 11 is 0. The predicted octanol–water partition coefficient (Wildman–Crippen LogP) is 6.67. The summed E-state index contributed by atoms with van der Waals surface area (Å²) in [5.41, 5.74) is 20.9. The van der Waals surface area contributed by atoms with E-state index in [9.17, 15) is 0 Å². The second-order valence-electron chi connectivity index (χ2n) is 11.4. The van der Waals surface area contributed by atoms with Crippen molar-refractivity contribution in [3.05, 3.63) is 136 Å². The number of fused-ring (bicyclic) bond motifs is 5. The number of benzene rings is 4. The van der Waals surface area contributed by atoms with Crippen LogP contribution in [-0.2, 0) is 6.42 Å². The molecule has 0 aromatic heterocycles. The Morgan fingerprint density at radius 2 is 1.63 bits per heavy atom. The summed E-state index contributed by atoms with van der Waals surface area (Å²) in [6, 6.07) is 25.7. The Labute approximate surface area is 224 Å². The van der Waals surface area contributed by atoms with E-state index in [0.29, 0.717) is 5.92 Å². The summed E-state index contributed by atoms with van der Waals surface area (Å²) in [4.78, 5) is 2.53. The van der Waals surface area contributed by atoms with Crippen LogP contribution in [0.15, 0.2) is 108 Å². The minimum Gasteiger partial charge on any atom is -0.311 e. The Balaban J connectivity index is 1.30. The molecule has 5 aliphatic rings. The van der Waals surface area contributed by atoms with Gasteiger partial charge in [0.05, 0.1) is 0 Å². The third kappa shape index (κ3) is 2.53. The maximum Gasteiger partial charge on any atom is 0.248 e. The van der Waals surface area contributed by atoms with Crippen LogP contribution < -0.4 is 21.3 Å². The van der Waals surface area contributed by atoms with Crippen molar-refractivity contribution in [1.29, 1.82) is 0 Å². The topological polar surface area (TPSA) is 3.24 Å². The van der Waals surface area contributed by atoms with Gasteiger partial charge < -0.3 is 4.90 Å². The molecule has 0 radical (unpaired) electrons. The first-order chi connectivity index (χ1) is 18.7. The molecule has 4 aromatic rings. The summed E-state index contributed by atoms with van der Waals surface area (Å²) in [7, 11) is 0. The maximum atomic E-state index is 2.53. The SMILES string of the molecule is Cc1cc2c(cc1C)-c1cccc3c1B2c1ccccc1N3c1cc2c3c(c1)CC=C1C=CC=C(C=C2)C13. The fraction of sp³-hybridized carbons (Fsp3) is 0.111. The normalized spacial score (nSPS) is 18.4. The van der Waals surface area contributed by atoms with Crippen molar-refractivity contribution in [1.82, 2.24) is 0 Å². The minimum atomic E-state index is 0.283. The summed E-state index contributed by atoms with van der Waals surface area (Å²) in [5, 5.41) is 0. The highest BCUT2D eigenvalue weighted by atomic mass is 15.2. The standard InChI is InChI=1S/C36H26BN/c1-21-17-29-28-9-6-12-33-36(28)37(31(29)18-22(21)2)30-10-3-4-11-32(30)38(33)27-19-25-15-13-23-7-5-8-24-14-16-26(20-27)35(25)34(23)24/h3-15,17-20,34H,16H2,1-2H3. The van der Waals surface area contributed by atoms with Crippen LogP contribution in [0.5, 0.6) is 0 Å². The fourth-order valence-electron chi connectivity index (χ4n) is 7.67. The molecule has 1 nitrogen and oxygen atoms in total. The first kappa shape index (κ1) is 20.7. The Hall–Kier alpha value is -4.30. The van der Waals surface area contributed by atoms with Gasteiger partial charge in [0.15, 0.2) is 0 Å². The van der Waals surface area contributed by atoms with Gasteiger partial charge in [-0.2, -0.15) is 0 Å². The summed E-state index contributed by atoms with van der Waals surface area (Å²) in [5.74, 6) is 0.387. The molecule has 3 aliphatic carbocycles. The van der Waals surface area contributed by atoms with Crippen LogP contribution in [0, 0.1) is 13.8 Å². The molecule has 0 bridgehead atoms. The molecule has 2 aliphatic heterocycles. The molecule has 9 rings (SSSR count). The number of nitrogens with zero attached hydrogens (tertiary/aromatic N) is 1. The molecular weight excluding hydrogens is 457 g/mol. The molecule has 2 heteroatoms. The Morgan fingerprint density at radius 3 is 2.58 bits per heavy atom. The zero-order valence-corrected chi connectivity index (χ0v) is 21.6. The zero-order valence-electron chi connectivity index (χ0n) is 21.6. The van der Waals surface area contributed by atoms with E-state index in [4.69, 9.17) is 0 Å². The highest BCUT2D eigenvalue weighted by Gasteiger charge is 2.42. The Kier molecular flexibility index (Phi) is 3.91.